The van der Waals surface area contributed by atoms with Crippen molar-refractivity contribution in [2.75, 3.05) is 5.75 Å². The van der Waals surface area contributed by atoms with Gasteiger partial charge in [-0.1, -0.05) is 6.92 Å². The van der Waals surface area contributed by atoms with Crippen molar-refractivity contribution in [3.8, 4) is 0 Å². The van der Waals surface area contributed by atoms with Gasteiger partial charge in [0.1, 0.15) is 0 Å². The summed E-state index contributed by atoms with van der Waals surface area (Å²) in [6.45, 7) is 1.96. The van der Waals surface area contributed by atoms with Crippen LogP contribution in [0.3, 0.4) is 0 Å². The van der Waals surface area contributed by atoms with Crippen molar-refractivity contribution in [2.24, 2.45) is 12.5 Å². The van der Waals surface area contributed by atoms with Crippen molar-refractivity contribution in [1.82, 2.24) is 9.78 Å². The predicted octanol–water partition coefficient (Wildman–Crippen LogP) is 1.15. The third-order valence-electron chi connectivity index (χ3n) is 3.77. The van der Waals surface area contributed by atoms with E-state index in [-0.39, 0.29) is 17.9 Å². The largest absolute Gasteiger partial charge is 0.481 e. The van der Waals surface area contributed by atoms with Gasteiger partial charge in [0, 0.05) is 7.05 Å². The van der Waals surface area contributed by atoms with Crippen molar-refractivity contribution in [1.29, 1.82) is 0 Å². The molecule has 0 amide bonds. The van der Waals surface area contributed by atoms with Crippen LogP contribution in [0, 0.1) is 5.41 Å². The van der Waals surface area contributed by atoms with Crippen molar-refractivity contribution >= 4 is 15.8 Å². The molecule has 0 spiro atoms. The summed E-state index contributed by atoms with van der Waals surface area (Å²) < 4.78 is 26.1. The van der Waals surface area contributed by atoms with Crippen molar-refractivity contribution in [2.45, 2.75) is 38.4 Å². The summed E-state index contributed by atoms with van der Waals surface area (Å²) in [5, 5.41) is 13.1. The predicted molar refractivity (Wildman–Crippen MR) is 74.0 cm³/mol. The molecule has 1 aromatic heterocycles. The Morgan fingerprint density at radius 3 is 2.60 bits per heavy atom. The molecule has 1 fully saturated rings. The van der Waals surface area contributed by atoms with E-state index in [1.807, 2.05) is 6.92 Å². The number of carboxylic acids is 1. The molecule has 1 aromatic rings. The van der Waals surface area contributed by atoms with Crippen LogP contribution in [0.1, 0.15) is 37.6 Å². The lowest BCUT2D eigenvalue weighted by molar-refractivity contribution is -0.138. The minimum atomic E-state index is -3.32. The monoisotopic (exact) mass is 300 g/mol. The second-order valence-corrected chi connectivity index (χ2v) is 7.77. The lowest BCUT2D eigenvalue weighted by Gasteiger charge is -2.12. The first-order valence-corrected chi connectivity index (χ1v) is 8.51. The van der Waals surface area contributed by atoms with Crippen LogP contribution in [0.4, 0.5) is 0 Å². The highest BCUT2D eigenvalue weighted by Crippen LogP contribution is 2.50. The van der Waals surface area contributed by atoms with Crippen LogP contribution < -0.4 is 0 Å². The molecule has 112 valence electrons. The third kappa shape index (κ3) is 3.59. The molecule has 1 aliphatic rings. The first kappa shape index (κ1) is 15.0. The van der Waals surface area contributed by atoms with E-state index in [0.29, 0.717) is 18.5 Å². The molecule has 6 nitrogen and oxygen atoms in total. The second kappa shape index (κ2) is 5.20. The van der Waals surface area contributed by atoms with Crippen LogP contribution in [-0.4, -0.2) is 35.0 Å². The van der Waals surface area contributed by atoms with Gasteiger partial charge in [-0.05, 0) is 30.7 Å². The maximum Gasteiger partial charge on any atom is 0.303 e. The van der Waals surface area contributed by atoms with Gasteiger partial charge in [0.25, 0.3) is 0 Å². The molecule has 0 aliphatic heterocycles. The van der Waals surface area contributed by atoms with Gasteiger partial charge < -0.3 is 5.11 Å². The summed E-state index contributed by atoms with van der Waals surface area (Å²) in [6.07, 6.45) is 2.07. The number of aliphatic carboxylic acids is 1. The van der Waals surface area contributed by atoms with Crippen LogP contribution in [0.2, 0.25) is 0 Å². The molecule has 0 atom stereocenters. The van der Waals surface area contributed by atoms with E-state index < -0.39 is 21.2 Å². The molecular weight excluding hydrogens is 280 g/mol. The molecule has 20 heavy (non-hydrogen) atoms. The average molecular weight is 300 g/mol. The molecule has 1 heterocycles. The zero-order valence-electron chi connectivity index (χ0n) is 11.8. The SMILES string of the molecule is CCc1cc(CS(=O)(=O)CC2(CC(=O)O)CC2)n(C)n1. The lowest BCUT2D eigenvalue weighted by atomic mass is 10.1. The average Bonchev–Trinajstić information content (AvgIpc) is 2.93. The minimum Gasteiger partial charge on any atom is -0.481 e. The number of sulfone groups is 1. The fraction of sp³-hybridized carbons (Fsp3) is 0.692. The zero-order valence-corrected chi connectivity index (χ0v) is 12.6. The van der Waals surface area contributed by atoms with Gasteiger partial charge in [0.2, 0.25) is 0 Å². The fourth-order valence-corrected chi connectivity index (χ4v) is 4.64. The Hall–Kier alpha value is -1.37. The normalized spacial score (nSPS) is 17.1. The van der Waals surface area contributed by atoms with Gasteiger partial charge in [-0.15, -0.1) is 0 Å². The van der Waals surface area contributed by atoms with Crippen LogP contribution in [0.15, 0.2) is 6.07 Å². The van der Waals surface area contributed by atoms with E-state index in [4.69, 9.17) is 5.11 Å². The van der Waals surface area contributed by atoms with Crippen LogP contribution in [-0.2, 0) is 33.9 Å². The summed E-state index contributed by atoms with van der Waals surface area (Å²) in [5.74, 6) is -1.04. The summed E-state index contributed by atoms with van der Waals surface area (Å²) >= 11 is 0. The van der Waals surface area contributed by atoms with Crippen LogP contribution in [0.25, 0.3) is 0 Å². The number of rotatable bonds is 7. The Kier molecular flexibility index (Phi) is 3.90. The third-order valence-corrected chi connectivity index (χ3v) is 5.55. The molecule has 2 rings (SSSR count). The molecule has 1 N–H and O–H groups in total. The van der Waals surface area contributed by atoms with Crippen molar-refractivity contribution < 1.29 is 18.3 Å². The number of nitrogens with zero attached hydrogens (tertiary/aromatic N) is 2. The standard InChI is InChI=1S/C13H20N2O4S/c1-3-10-6-11(15(2)14-10)8-20(18,19)9-13(4-5-13)7-12(16)17/h6H,3-5,7-9H2,1-2H3,(H,16,17). The van der Waals surface area contributed by atoms with E-state index in [2.05, 4.69) is 5.10 Å². The van der Waals surface area contributed by atoms with Crippen LogP contribution in [0.5, 0.6) is 0 Å². The highest BCUT2D eigenvalue weighted by molar-refractivity contribution is 7.90. The number of carbonyl (C=O) groups is 1. The number of hydrogen-bond donors (Lipinski definition) is 1. The molecule has 0 aromatic carbocycles. The Morgan fingerprint density at radius 2 is 2.15 bits per heavy atom. The molecule has 1 saturated carbocycles. The smallest absolute Gasteiger partial charge is 0.303 e. The highest BCUT2D eigenvalue weighted by atomic mass is 32.2. The molecule has 0 bridgehead atoms. The molecule has 7 heteroatoms. The summed E-state index contributed by atoms with van der Waals surface area (Å²) in [4.78, 5) is 10.8. The first-order chi connectivity index (χ1) is 9.25. The van der Waals surface area contributed by atoms with Gasteiger partial charge in [-0.2, -0.15) is 5.10 Å². The van der Waals surface area contributed by atoms with E-state index in [1.165, 1.54) is 0 Å². The molecule has 1 aliphatic carbocycles. The maximum atomic E-state index is 12.3. The Balaban J connectivity index is 2.08. The Morgan fingerprint density at radius 1 is 1.50 bits per heavy atom. The van der Waals surface area contributed by atoms with E-state index >= 15 is 0 Å². The van der Waals surface area contributed by atoms with Gasteiger partial charge in [-0.3, -0.25) is 9.48 Å². The number of aryl methyl sites for hydroxylation is 2. The molecular formula is C13H20N2O4S. The number of aromatic nitrogens is 2. The van der Waals surface area contributed by atoms with E-state index in [1.54, 1.807) is 17.8 Å². The number of hydrogen-bond acceptors (Lipinski definition) is 4. The molecule has 0 saturated heterocycles. The van der Waals surface area contributed by atoms with E-state index in [0.717, 1.165) is 12.1 Å². The topological polar surface area (TPSA) is 89.3 Å². The first-order valence-electron chi connectivity index (χ1n) is 6.69. The zero-order chi connectivity index (χ0) is 15.0. The minimum absolute atomic E-state index is 0.0427. The molecule has 0 radical (unpaired) electrons. The Labute approximate surface area is 118 Å². The maximum absolute atomic E-state index is 12.3. The van der Waals surface area contributed by atoms with Gasteiger partial charge in [0.15, 0.2) is 9.84 Å². The fourth-order valence-electron chi connectivity index (χ4n) is 2.49. The van der Waals surface area contributed by atoms with Gasteiger partial charge in [0.05, 0.1) is 29.3 Å². The summed E-state index contributed by atoms with van der Waals surface area (Å²) in [5.41, 5.74) is 0.994. The Bertz CT molecular complexity index is 614. The second-order valence-electron chi connectivity index (χ2n) is 5.71. The van der Waals surface area contributed by atoms with Gasteiger partial charge >= 0.3 is 5.97 Å². The lowest BCUT2D eigenvalue weighted by Crippen LogP contribution is -2.22. The van der Waals surface area contributed by atoms with Gasteiger partial charge in [-0.25, -0.2) is 8.42 Å². The van der Waals surface area contributed by atoms with Crippen LogP contribution >= 0.6 is 0 Å². The number of carboxylic acid groups (broad SMARTS) is 1. The van der Waals surface area contributed by atoms with Crippen molar-refractivity contribution in [3.63, 3.8) is 0 Å². The molecule has 0 unspecified atom stereocenters. The van der Waals surface area contributed by atoms with E-state index in [9.17, 15) is 13.2 Å². The highest BCUT2D eigenvalue weighted by Gasteiger charge is 2.47. The van der Waals surface area contributed by atoms with Crippen molar-refractivity contribution in [3.05, 3.63) is 17.5 Å². The summed E-state index contributed by atoms with van der Waals surface area (Å²) in [7, 11) is -1.59. The summed E-state index contributed by atoms with van der Waals surface area (Å²) in [6, 6.07) is 1.80. The quantitative estimate of drug-likeness (QED) is 0.816.